The third kappa shape index (κ3) is 6.09. The van der Waals surface area contributed by atoms with Gasteiger partial charge in [-0.25, -0.2) is 9.97 Å². The topological polar surface area (TPSA) is 196 Å². The van der Waals surface area contributed by atoms with E-state index in [0.717, 1.165) is 11.1 Å². The molecule has 12 heteroatoms. The number of aromatic nitrogens is 2. The van der Waals surface area contributed by atoms with Gasteiger partial charge in [0.05, 0.1) is 32.1 Å². The first kappa shape index (κ1) is 28.3. The van der Waals surface area contributed by atoms with Crippen molar-refractivity contribution in [2.24, 2.45) is 0 Å². The minimum atomic E-state index is -1.14. The second-order valence-electron chi connectivity index (χ2n) is 9.92. The molecule has 0 amide bonds. The molecule has 40 heavy (non-hydrogen) atoms. The van der Waals surface area contributed by atoms with Gasteiger partial charge in [0, 0.05) is 17.6 Å². The van der Waals surface area contributed by atoms with E-state index in [1.165, 1.54) is 6.20 Å². The van der Waals surface area contributed by atoms with E-state index in [4.69, 9.17) is 30.4 Å². The average molecular weight is 555 g/mol. The maximum Gasteiger partial charge on any atom is 0.160 e. The standard InChI is InChI=1S/C28H34N4O8/c29-17-5-1-3-15(9-17)13-37-25-22(35)20(11-33)39-24(25)19-7-8-31-28(32-19)27-26(23(36)21(12-34)40-27)38-14-16-4-2-6-18(30)10-16/h1-10,20-27,33-36H,11-14,29-30H2/t20-,21-,22-,23-,24?,25-,26-,27?/m1/s1. The van der Waals surface area contributed by atoms with Crippen LogP contribution in [0.15, 0.2) is 60.8 Å². The SMILES string of the molecule is Nc1cccc(CO[C@H]2C(c3ccnc(C4O[C@H](CO)[C@@H](O)[C@H]4OCc4cccc(N)c4)n3)O[C@H](CO)[C@H]2O)c1. The van der Waals surface area contributed by atoms with Crippen LogP contribution in [-0.4, -0.2) is 80.2 Å². The molecule has 0 radical (unpaired) electrons. The number of rotatable bonds is 10. The van der Waals surface area contributed by atoms with Gasteiger partial charge in [0.25, 0.3) is 0 Å². The van der Waals surface area contributed by atoms with E-state index in [0.29, 0.717) is 17.1 Å². The monoisotopic (exact) mass is 554 g/mol. The summed E-state index contributed by atoms with van der Waals surface area (Å²) in [5, 5.41) is 41.2. The van der Waals surface area contributed by atoms with Gasteiger partial charge in [0.2, 0.25) is 0 Å². The van der Waals surface area contributed by atoms with Gasteiger partial charge in [-0.05, 0) is 41.5 Å². The summed E-state index contributed by atoms with van der Waals surface area (Å²) in [6.07, 6.45) is -6.00. The number of hydrogen-bond donors (Lipinski definition) is 6. The first-order chi connectivity index (χ1) is 19.4. The largest absolute Gasteiger partial charge is 0.399 e. The molecule has 2 aliphatic rings. The molecule has 8 atom stereocenters. The van der Waals surface area contributed by atoms with Crippen LogP contribution in [0.5, 0.6) is 0 Å². The number of hydrogen-bond acceptors (Lipinski definition) is 12. The van der Waals surface area contributed by atoms with Gasteiger partial charge in [-0.15, -0.1) is 0 Å². The lowest BCUT2D eigenvalue weighted by Crippen LogP contribution is -2.35. The molecule has 3 heterocycles. The normalized spacial score (nSPS) is 30.1. The van der Waals surface area contributed by atoms with Crippen molar-refractivity contribution < 1.29 is 39.4 Å². The van der Waals surface area contributed by atoms with Crippen LogP contribution in [-0.2, 0) is 32.2 Å². The summed E-state index contributed by atoms with van der Waals surface area (Å²) in [5.41, 5.74) is 14.9. The van der Waals surface area contributed by atoms with E-state index in [2.05, 4.69) is 9.97 Å². The first-order valence-electron chi connectivity index (χ1n) is 13.0. The smallest absolute Gasteiger partial charge is 0.160 e. The number of aliphatic hydroxyl groups excluding tert-OH is 4. The fourth-order valence-electron chi connectivity index (χ4n) is 5.03. The second-order valence-corrected chi connectivity index (χ2v) is 9.92. The summed E-state index contributed by atoms with van der Waals surface area (Å²) in [7, 11) is 0. The summed E-state index contributed by atoms with van der Waals surface area (Å²) in [4.78, 5) is 8.99. The summed E-state index contributed by atoms with van der Waals surface area (Å²) < 4.78 is 23.9. The van der Waals surface area contributed by atoms with Gasteiger partial charge in [-0.3, -0.25) is 0 Å². The molecule has 2 saturated heterocycles. The van der Waals surface area contributed by atoms with Crippen molar-refractivity contribution in [2.75, 3.05) is 24.7 Å². The molecule has 1 aromatic heterocycles. The number of nitrogen functional groups attached to an aromatic ring is 2. The van der Waals surface area contributed by atoms with Gasteiger partial charge < -0.3 is 50.8 Å². The van der Waals surface area contributed by atoms with E-state index in [1.807, 2.05) is 12.1 Å². The Balaban J connectivity index is 1.37. The summed E-state index contributed by atoms with van der Waals surface area (Å²) >= 11 is 0. The third-order valence-corrected chi connectivity index (χ3v) is 7.06. The van der Waals surface area contributed by atoms with Crippen molar-refractivity contribution in [2.45, 2.75) is 62.0 Å². The van der Waals surface area contributed by atoms with E-state index >= 15 is 0 Å². The molecule has 0 bridgehead atoms. The molecule has 3 aromatic rings. The Morgan fingerprint density at radius 3 is 1.80 bits per heavy atom. The predicted molar refractivity (Wildman–Crippen MR) is 142 cm³/mol. The lowest BCUT2D eigenvalue weighted by atomic mass is 10.0. The molecule has 2 fully saturated rings. The molecule has 0 spiro atoms. The highest BCUT2D eigenvalue weighted by molar-refractivity contribution is 5.41. The van der Waals surface area contributed by atoms with E-state index < -0.39 is 62.0 Å². The number of anilines is 2. The van der Waals surface area contributed by atoms with Crippen molar-refractivity contribution in [1.82, 2.24) is 9.97 Å². The molecule has 2 aliphatic heterocycles. The van der Waals surface area contributed by atoms with Crippen LogP contribution in [0, 0.1) is 0 Å². The highest BCUT2D eigenvalue weighted by atomic mass is 16.6. The van der Waals surface area contributed by atoms with Crippen LogP contribution in [0.25, 0.3) is 0 Å². The fraction of sp³-hybridized carbons (Fsp3) is 0.429. The Morgan fingerprint density at radius 2 is 1.27 bits per heavy atom. The predicted octanol–water partition coefficient (Wildman–Crippen LogP) is 0.398. The van der Waals surface area contributed by atoms with Gasteiger partial charge in [0.1, 0.15) is 48.8 Å². The Labute approximate surface area is 231 Å². The Hall–Kier alpha value is -3.20. The van der Waals surface area contributed by atoms with Gasteiger partial charge in [0.15, 0.2) is 5.82 Å². The molecular weight excluding hydrogens is 520 g/mol. The van der Waals surface area contributed by atoms with Crippen molar-refractivity contribution in [3.8, 4) is 0 Å². The Morgan fingerprint density at radius 1 is 0.750 bits per heavy atom. The van der Waals surface area contributed by atoms with Gasteiger partial charge in [-0.2, -0.15) is 0 Å². The Kier molecular flexibility index (Phi) is 8.88. The van der Waals surface area contributed by atoms with Crippen LogP contribution in [0.4, 0.5) is 11.4 Å². The van der Waals surface area contributed by atoms with Crippen molar-refractivity contribution >= 4 is 11.4 Å². The molecule has 0 aliphatic carbocycles. The molecule has 2 unspecified atom stereocenters. The highest BCUT2D eigenvalue weighted by Gasteiger charge is 2.48. The summed E-state index contributed by atoms with van der Waals surface area (Å²) in [6.45, 7) is -0.547. The molecular formula is C28H34N4O8. The molecule has 2 aromatic carbocycles. The Bertz CT molecular complexity index is 1190. The van der Waals surface area contributed by atoms with E-state index in [-0.39, 0.29) is 19.0 Å². The van der Waals surface area contributed by atoms with Crippen molar-refractivity contribution in [3.05, 3.63) is 83.4 Å². The zero-order valence-corrected chi connectivity index (χ0v) is 21.7. The van der Waals surface area contributed by atoms with E-state index in [1.54, 1.807) is 42.5 Å². The fourth-order valence-corrected chi connectivity index (χ4v) is 5.03. The molecule has 8 N–H and O–H groups in total. The lowest BCUT2D eigenvalue weighted by molar-refractivity contribution is -0.0532. The van der Waals surface area contributed by atoms with E-state index in [9.17, 15) is 20.4 Å². The number of benzene rings is 2. The third-order valence-electron chi connectivity index (χ3n) is 7.06. The number of aliphatic hydroxyl groups is 4. The molecule has 5 rings (SSSR count). The lowest BCUT2D eigenvalue weighted by Gasteiger charge is -2.23. The van der Waals surface area contributed by atoms with Crippen LogP contribution in [0.2, 0.25) is 0 Å². The minimum absolute atomic E-state index is 0.139. The highest BCUT2D eigenvalue weighted by Crippen LogP contribution is 2.38. The molecule has 12 nitrogen and oxygen atoms in total. The molecule has 214 valence electrons. The minimum Gasteiger partial charge on any atom is -0.399 e. The van der Waals surface area contributed by atoms with Gasteiger partial charge in [-0.1, -0.05) is 24.3 Å². The van der Waals surface area contributed by atoms with Crippen molar-refractivity contribution in [3.63, 3.8) is 0 Å². The maximum absolute atomic E-state index is 10.8. The maximum atomic E-state index is 10.8. The quantitative estimate of drug-likeness (QED) is 0.189. The number of nitrogens with zero attached hydrogens (tertiary/aromatic N) is 2. The molecule has 0 saturated carbocycles. The van der Waals surface area contributed by atoms with Gasteiger partial charge >= 0.3 is 0 Å². The average Bonchev–Trinajstić information content (AvgIpc) is 3.46. The van der Waals surface area contributed by atoms with Crippen molar-refractivity contribution in [1.29, 1.82) is 0 Å². The first-order valence-corrected chi connectivity index (χ1v) is 13.0. The number of nitrogens with two attached hydrogens (primary N) is 2. The van der Waals surface area contributed by atoms with Crippen LogP contribution in [0.1, 0.15) is 34.9 Å². The van der Waals surface area contributed by atoms with Crippen LogP contribution >= 0.6 is 0 Å². The number of ether oxygens (including phenoxy) is 4. The zero-order chi connectivity index (χ0) is 28.2. The second kappa shape index (κ2) is 12.5. The zero-order valence-electron chi connectivity index (χ0n) is 21.7. The van der Waals surface area contributed by atoms with Crippen LogP contribution < -0.4 is 11.5 Å². The summed E-state index contributed by atoms with van der Waals surface area (Å²) in [5.74, 6) is 0.199. The van der Waals surface area contributed by atoms with Crippen LogP contribution in [0.3, 0.4) is 0 Å². The summed E-state index contributed by atoms with van der Waals surface area (Å²) in [6, 6.07) is 16.0.